The molecule has 0 radical (unpaired) electrons. The molecule has 0 saturated carbocycles. The molecule has 1 fully saturated rings. The Kier molecular flexibility index (Phi) is 4.39. The van der Waals surface area contributed by atoms with E-state index in [-0.39, 0.29) is 5.41 Å². The van der Waals surface area contributed by atoms with E-state index in [9.17, 15) is 4.79 Å². The quantitative estimate of drug-likeness (QED) is 0.854. The molecule has 0 amide bonds. The van der Waals surface area contributed by atoms with Crippen molar-refractivity contribution in [1.29, 1.82) is 0 Å². The summed E-state index contributed by atoms with van der Waals surface area (Å²) < 4.78 is 0. The number of hydrogen-bond acceptors (Lipinski definition) is 2. The molecule has 4 heteroatoms. The fourth-order valence-corrected chi connectivity index (χ4v) is 2.98. The molecule has 0 atom stereocenters. The van der Waals surface area contributed by atoms with Gasteiger partial charge < -0.3 is 10.0 Å². The molecule has 2 rings (SSSR count). The molecule has 3 nitrogen and oxygen atoms in total. The highest BCUT2D eigenvalue weighted by molar-refractivity contribution is 6.32. The lowest BCUT2D eigenvalue weighted by molar-refractivity contribution is -0.131. The summed E-state index contributed by atoms with van der Waals surface area (Å²) in [6.45, 7) is 6.46. The van der Waals surface area contributed by atoms with Gasteiger partial charge in [-0.1, -0.05) is 31.5 Å². The van der Waals surface area contributed by atoms with Crippen LogP contribution in [0.2, 0.25) is 5.02 Å². The predicted octanol–water partition coefficient (Wildman–Crippen LogP) is 4.06. The molecule has 0 aliphatic carbocycles. The van der Waals surface area contributed by atoms with E-state index in [1.165, 1.54) is 6.42 Å². The van der Waals surface area contributed by atoms with Crippen molar-refractivity contribution >= 4 is 29.3 Å². The third kappa shape index (κ3) is 3.54. The molecule has 108 valence electrons. The average molecular weight is 294 g/mol. The van der Waals surface area contributed by atoms with Crippen LogP contribution in [0, 0.1) is 5.41 Å². The lowest BCUT2D eigenvalue weighted by Crippen LogP contribution is -2.40. The maximum Gasteiger partial charge on any atom is 0.328 e. The van der Waals surface area contributed by atoms with Gasteiger partial charge in [-0.05, 0) is 36.5 Å². The van der Waals surface area contributed by atoms with Gasteiger partial charge in [0.25, 0.3) is 0 Å². The maximum atomic E-state index is 10.7. The second kappa shape index (κ2) is 5.88. The zero-order chi connectivity index (χ0) is 14.8. The lowest BCUT2D eigenvalue weighted by atomic mass is 9.84. The smallest absolute Gasteiger partial charge is 0.328 e. The third-order valence-corrected chi connectivity index (χ3v) is 3.99. The topological polar surface area (TPSA) is 40.5 Å². The molecule has 1 aromatic rings. The monoisotopic (exact) mass is 293 g/mol. The van der Waals surface area contributed by atoms with Crippen molar-refractivity contribution in [1.82, 2.24) is 0 Å². The van der Waals surface area contributed by atoms with E-state index in [4.69, 9.17) is 16.7 Å². The van der Waals surface area contributed by atoms with Gasteiger partial charge >= 0.3 is 5.97 Å². The Balaban J connectivity index is 2.36. The fraction of sp³-hybridized carbons (Fsp3) is 0.438. The first-order valence-electron chi connectivity index (χ1n) is 6.83. The van der Waals surface area contributed by atoms with Crippen molar-refractivity contribution in [3.05, 3.63) is 34.9 Å². The Labute approximate surface area is 124 Å². The number of benzene rings is 1. The number of hydrogen-bond donors (Lipinski definition) is 1. The molecule has 20 heavy (non-hydrogen) atoms. The molecule has 1 N–H and O–H groups in total. The zero-order valence-corrected chi connectivity index (χ0v) is 12.7. The first-order chi connectivity index (χ1) is 9.39. The van der Waals surface area contributed by atoms with Crippen LogP contribution in [0.4, 0.5) is 5.69 Å². The van der Waals surface area contributed by atoms with E-state index in [1.54, 1.807) is 12.1 Å². The van der Waals surface area contributed by atoms with Crippen molar-refractivity contribution < 1.29 is 9.90 Å². The minimum atomic E-state index is -0.963. The van der Waals surface area contributed by atoms with Crippen molar-refractivity contribution in [3.8, 4) is 0 Å². The number of rotatable bonds is 3. The van der Waals surface area contributed by atoms with Crippen LogP contribution >= 0.6 is 11.6 Å². The molecular weight excluding hydrogens is 274 g/mol. The number of halogens is 1. The fourth-order valence-electron chi connectivity index (χ4n) is 2.75. The number of carboxylic acid groups (broad SMARTS) is 1. The zero-order valence-electron chi connectivity index (χ0n) is 11.9. The summed E-state index contributed by atoms with van der Waals surface area (Å²) >= 11 is 6.23. The van der Waals surface area contributed by atoms with Gasteiger partial charge in [0.2, 0.25) is 0 Å². The Morgan fingerprint density at radius 2 is 2.20 bits per heavy atom. The highest BCUT2D eigenvalue weighted by Gasteiger charge is 2.27. The highest BCUT2D eigenvalue weighted by Crippen LogP contribution is 2.35. The van der Waals surface area contributed by atoms with Crippen LogP contribution in [0.1, 0.15) is 32.3 Å². The van der Waals surface area contributed by atoms with Gasteiger partial charge in [-0.25, -0.2) is 4.79 Å². The van der Waals surface area contributed by atoms with E-state index in [2.05, 4.69) is 18.7 Å². The normalized spacial score (nSPS) is 18.4. The minimum absolute atomic E-state index is 0.272. The molecule has 0 unspecified atom stereocenters. The van der Waals surface area contributed by atoms with E-state index in [1.807, 2.05) is 12.1 Å². The second-order valence-electron chi connectivity index (χ2n) is 6.03. The number of carbonyl (C=O) groups is 1. The van der Waals surface area contributed by atoms with Gasteiger partial charge in [-0.2, -0.15) is 0 Å². The molecule has 0 spiro atoms. The molecule has 1 aromatic carbocycles. The Morgan fingerprint density at radius 3 is 2.85 bits per heavy atom. The summed E-state index contributed by atoms with van der Waals surface area (Å²) in [6.07, 6.45) is 5.08. The molecule has 0 aromatic heterocycles. The van der Waals surface area contributed by atoms with Crippen LogP contribution in [0.3, 0.4) is 0 Å². The van der Waals surface area contributed by atoms with Crippen LogP contribution in [0.25, 0.3) is 6.08 Å². The SMILES string of the molecule is CC1(C)CCCN(c2cccc(Cl)c2C=CC(=O)O)C1. The van der Waals surface area contributed by atoms with Crippen LogP contribution in [-0.2, 0) is 4.79 Å². The first-order valence-corrected chi connectivity index (χ1v) is 7.21. The van der Waals surface area contributed by atoms with E-state index < -0.39 is 5.97 Å². The van der Waals surface area contributed by atoms with E-state index in [0.29, 0.717) is 5.02 Å². The van der Waals surface area contributed by atoms with Gasteiger partial charge in [-0.3, -0.25) is 0 Å². The van der Waals surface area contributed by atoms with Gasteiger partial charge in [0.15, 0.2) is 0 Å². The summed E-state index contributed by atoms with van der Waals surface area (Å²) in [5.74, 6) is -0.963. The van der Waals surface area contributed by atoms with Gasteiger partial charge in [0.05, 0.1) is 0 Å². The van der Waals surface area contributed by atoms with Gasteiger partial charge in [0, 0.05) is 35.4 Å². The molecule has 1 heterocycles. The summed E-state index contributed by atoms with van der Waals surface area (Å²) in [5.41, 5.74) is 2.07. The van der Waals surface area contributed by atoms with Crippen LogP contribution in [-0.4, -0.2) is 24.2 Å². The molecular formula is C16H20ClNO2. The molecule has 1 aliphatic heterocycles. The summed E-state index contributed by atoms with van der Waals surface area (Å²) in [7, 11) is 0. The molecule has 1 aliphatic rings. The number of anilines is 1. The second-order valence-corrected chi connectivity index (χ2v) is 6.44. The Morgan fingerprint density at radius 1 is 1.45 bits per heavy atom. The van der Waals surface area contributed by atoms with Crippen molar-refractivity contribution in [2.24, 2.45) is 5.41 Å². The number of carboxylic acids is 1. The Bertz CT molecular complexity index is 537. The van der Waals surface area contributed by atoms with E-state index in [0.717, 1.165) is 36.8 Å². The van der Waals surface area contributed by atoms with E-state index >= 15 is 0 Å². The van der Waals surface area contributed by atoms with Crippen LogP contribution < -0.4 is 4.90 Å². The molecule has 0 bridgehead atoms. The predicted molar refractivity (Wildman–Crippen MR) is 83.3 cm³/mol. The van der Waals surface area contributed by atoms with Crippen molar-refractivity contribution in [3.63, 3.8) is 0 Å². The summed E-state index contributed by atoms with van der Waals surface area (Å²) in [6, 6.07) is 5.72. The van der Waals surface area contributed by atoms with Gasteiger partial charge in [-0.15, -0.1) is 0 Å². The summed E-state index contributed by atoms with van der Waals surface area (Å²) in [4.78, 5) is 13.0. The number of aliphatic carboxylic acids is 1. The first kappa shape index (κ1) is 14.9. The van der Waals surface area contributed by atoms with Crippen LogP contribution in [0.5, 0.6) is 0 Å². The van der Waals surface area contributed by atoms with Gasteiger partial charge in [0.1, 0.15) is 0 Å². The summed E-state index contributed by atoms with van der Waals surface area (Å²) in [5, 5.41) is 9.39. The third-order valence-electron chi connectivity index (χ3n) is 3.66. The standard InChI is InChI=1S/C16H20ClNO2/c1-16(2)9-4-10-18(11-16)14-6-3-5-13(17)12(14)7-8-15(19)20/h3,5-8H,4,9-11H2,1-2H3,(H,19,20). The van der Waals surface area contributed by atoms with Crippen molar-refractivity contribution in [2.75, 3.05) is 18.0 Å². The lowest BCUT2D eigenvalue weighted by Gasteiger charge is -2.40. The number of nitrogens with zero attached hydrogens (tertiary/aromatic N) is 1. The highest BCUT2D eigenvalue weighted by atomic mass is 35.5. The number of piperidine rings is 1. The Hall–Kier alpha value is -1.48. The largest absolute Gasteiger partial charge is 0.478 e. The van der Waals surface area contributed by atoms with Crippen LogP contribution in [0.15, 0.2) is 24.3 Å². The maximum absolute atomic E-state index is 10.7. The minimum Gasteiger partial charge on any atom is -0.478 e. The molecule has 1 saturated heterocycles. The van der Waals surface area contributed by atoms with Crippen molar-refractivity contribution in [2.45, 2.75) is 26.7 Å². The average Bonchev–Trinajstić information content (AvgIpc) is 2.35.